The maximum absolute atomic E-state index is 11.9. The van der Waals surface area contributed by atoms with Crippen LogP contribution >= 0.6 is 11.6 Å². The van der Waals surface area contributed by atoms with Crippen LogP contribution in [0.3, 0.4) is 0 Å². The average molecular weight is 335 g/mol. The van der Waals surface area contributed by atoms with Crippen molar-refractivity contribution in [3.8, 4) is 17.2 Å². The zero-order valence-electron chi connectivity index (χ0n) is 12.5. The van der Waals surface area contributed by atoms with Crippen molar-refractivity contribution in [3.05, 3.63) is 52.5 Å². The molecule has 0 unspecified atom stereocenters. The van der Waals surface area contributed by atoms with Crippen molar-refractivity contribution >= 4 is 17.6 Å². The Labute approximate surface area is 138 Å². The van der Waals surface area contributed by atoms with Gasteiger partial charge in [-0.3, -0.25) is 4.79 Å². The average Bonchev–Trinajstić information content (AvgIpc) is 3.03. The molecule has 0 bridgehead atoms. The summed E-state index contributed by atoms with van der Waals surface area (Å²) in [7, 11) is 1.60. The first-order chi connectivity index (χ1) is 11.2. The Balaban J connectivity index is 1.57. The van der Waals surface area contributed by atoms with Crippen molar-refractivity contribution in [1.82, 2.24) is 0 Å². The molecule has 1 heterocycles. The highest BCUT2D eigenvalue weighted by atomic mass is 35.5. The molecule has 5 nitrogen and oxygen atoms in total. The van der Waals surface area contributed by atoms with Gasteiger partial charge in [0.1, 0.15) is 12.4 Å². The first-order valence-electron chi connectivity index (χ1n) is 7.02. The number of methoxy groups -OCH3 is 1. The van der Waals surface area contributed by atoms with Gasteiger partial charge in [0.2, 0.25) is 6.79 Å². The Morgan fingerprint density at radius 1 is 1.17 bits per heavy atom. The van der Waals surface area contributed by atoms with Crippen LogP contribution in [0.1, 0.15) is 11.1 Å². The number of halogens is 1. The minimum Gasteiger partial charge on any atom is -0.497 e. The molecule has 2 aromatic rings. The lowest BCUT2D eigenvalue weighted by molar-refractivity contribution is -0.144. The third kappa shape index (κ3) is 3.68. The van der Waals surface area contributed by atoms with E-state index in [1.54, 1.807) is 31.4 Å². The number of fused-ring (bicyclic) bond motifs is 1. The lowest BCUT2D eigenvalue weighted by Gasteiger charge is -2.07. The highest BCUT2D eigenvalue weighted by Crippen LogP contribution is 2.39. The smallest absolute Gasteiger partial charge is 0.310 e. The van der Waals surface area contributed by atoms with E-state index in [4.69, 9.17) is 30.5 Å². The Kier molecular flexibility index (Phi) is 4.57. The first-order valence-corrected chi connectivity index (χ1v) is 7.40. The number of carbonyl (C=O) groups excluding carboxylic acids is 1. The topological polar surface area (TPSA) is 54.0 Å². The molecular weight excluding hydrogens is 320 g/mol. The van der Waals surface area contributed by atoms with Crippen LogP contribution in [0, 0.1) is 0 Å². The van der Waals surface area contributed by atoms with Gasteiger partial charge in [-0.25, -0.2) is 0 Å². The Morgan fingerprint density at radius 3 is 2.70 bits per heavy atom. The summed E-state index contributed by atoms with van der Waals surface area (Å²) in [6.45, 7) is 0.279. The molecular formula is C17H15ClO5. The van der Waals surface area contributed by atoms with Gasteiger partial charge in [0, 0.05) is 0 Å². The van der Waals surface area contributed by atoms with Gasteiger partial charge in [-0.1, -0.05) is 23.7 Å². The van der Waals surface area contributed by atoms with E-state index < -0.39 is 0 Å². The van der Waals surface area contributed by atoms with Crippen LogP contribution < -0.4 is 14.2 Å². The lowest BCUT2D eigenvalue weighted by atomic mass is 10.1. The number of ether oxygens (including phenoxy) is 4. The van der Waals surface area contributed by atoms with Crippen LogP contribution in [0.15, 0.2) is 36.4 Å². The van der Waals surface area contributed by atoms with Crippen LogP contribution in [0.2, 0.25) is 5.02 Å². The van der Waals surface area contributed by atoms with Gasteiger partial charge in [0.15, 0.2) is 11.5 Å². The number of esters is 1. The van der Waals surface area contributed by atoms with Crippen LogP contribution in [-0.2, 0) is 22.6 Å². The van der Waals surface area contributed by atoms with Crippen LogP contribution in [0.25, 0.3) is 0 Å². The molecule has 0 atom stereocenters. The highest BCUT2D eigenvalue weighted by molar-refractivity contribution is 6.32. The summed E-state index contributed by atoms with van der Waals surface area (Å²) in [4.78, 5) is 11.9. The molecule has 1 aliphatic rings. The second-order valence-corrected chi connectivity index (χ2v) is 5.40. The fraction of sp³-hybridized carbons (Fsp3) is 0.235. The summed E-state index contributed by atoms with van der Waals surface area (Å²) < 4.78 is 20.9. The van der Waals surface area contributed by atoms with E-state index in [0.717, 1.165) is 16.9 Å². The molecule has 0 aliphatic carbocycles. The van der Waals surface area contributed by atoms with Gasteiger partial charge < -0.3 is 18.9 Å². The Morgan fingerprint density at radius 2 is 1.96 bits per heavy atom. The van der Waals surface area contributed by atoms with E-state index in [9.17, 15) is 4.79 Å². The normalized spacial score (nSPS) is 12.1. The minimum absolute atomic E-state index is 0.130. The SMILES string of the molecule is COc1ccc(CC(=O)OCc2cc(Cl)c3c(c2)OCO3)cc1. The first kappa shape index (κ1) is 15.5. The van der Waals surface area contributed by atoms with Crippen molar-refractivity contribution in [3.63, 3.8) is 0 Å². The molecule has 0 aromatic heterocycles. The van der Waals surface area contributed by atoms with Crippen molar-refractivity contribution in [2.24, 2.45) is 0 Å². The molecule has 0 spiro atoms. The number of carbonyl (C=O) groups is 1. The van der Waals surface area contributed by atoms with Gasteiger partial charge in [-0.05, 0) is 35.4 Å². The molecule has 1 aliphatic heterocycles. The third-order valence-corrected chi connectivity index (χ3v) is 3.68. The molecule has 0 radical (unpaired) electrons. The maximum atomic E-state index is 11.9. The van der Waals surface area contributed by atoms with E-state index in [0.29, 0.717) is 16.5 Å². The van der Waals surface area contributed by atoms with Gasteiger partial charge >= 0.3 is 5.97 Å². The molecule has 23 heavy (non-hydrogen) atoms. The van der Waals surface area contributed by atoms with Crippen molar-refractivity contribution in [1.29, 1.82) is 0 Å². The predicted octanol–water partition coefficient (Wildman–Crippen LogP) is 3.36. The van der Waals surface area contributed by atoms with Crippen molar-refractivity contribution < 1.29 is 23.7 Å². The Bertz CT molecular complexity index is 712. The van der Waals surface area contributed by atoms with Crippen molar-refractivity contribution in [2.45, 2.75) is 13.0 Å². The second kappa shape index (κ2) is 6.79. The summed E-state index contributed by atoms with van der Waals surface area (Å²) in [5.41, 5.74) is 1.61. The number of rotatable bonds is 5. The summed E-state index contributed by atoms with van der Waals surface area (Å²) in [5.74, 6) is 1.53. The fourth-order valence-corrected chi connectivity index (χ4v) is 2.52. The van der Waals surface area contributed by atoms with E-state index >= 15 is 0 Å². The van der Waals surface area contributed by atoms with Gasteiger partial charge in [-0.15, -0.1) is 0 Å². The molecule has 0 amide bonds. The van der Waals surface area contributed by atoms with Crippen LogP contribution in [0.5, 0.6) is 17.2 Å². The van der Waals surface area contributed by atoms with E-state index in [-0.39, 0.29) is 25.8 Å². The monoisotopic (exact) mass is 334 g/mol. The molecule has 120 valence electrons. The molecule has 0 N–H and O–H groups in total. The third-order valence-electron chi connectivity index (χ3n) is 3.39. The van der Waals surface area contributed by atoms with E-state index in [1.165, 1.54) is 0 Å². The summed E-state index contributed by atoms with van der Waals surface area (Å²) in [6.07, 6.45) is 0.197. The predicted molar refractivity (Wildman–Crippen MR) is 84.1 cm³/mol. The molecule has 0 saturated carbocycles. The number of benzene rings is 2. The minimum atomic E-state index is -0.316. The molecule has 0 fully saturated rings. The van der Waals surface area contributed by atoms with Gasteiger partial charge in [0.05, 0.1) is 18.6 Å². The number of hydrogen-bond donors (Lipinski definition) is 0. The standard InChI is InChI=1S/C17H15ClO5/c1-20-13-4-2-11(3-5-13)8-16(19)21-9-12-6-14(18)17-15(7-12)22-10-23-17/h2-7H,8-10H2,1H3. The molecule has 6 heteroatoms. The van der Waals surface area contributed by atoms with Crippen molar-refractivity contribution in [2.75, 3.05) is 13.9 Å². The molecule has 3 rings (SSSR count). The second-order valence-electron chi connectivity index (χ2n) is 5.00. The van der Waals surface area contributed by atoms with Gasteiger partial charge in [0.25, 0.3) is 0 Å². The van der Waals surface area contributed by atoms with Gasteiger partial charge in [-0.2, -0.15) is 0 Å². The van der Waals surface area contributed by atoms with Crippen LogP contribution in [0.4, 0.5) is 0 Å². The lowest BCUT2D eigenvalue weighted by Crippen LogP contribution is -2.08. The fourth-order valence-electron chi connectivity index (χ4n) is 2.23. The van der Waals surface area contributed by atoms with E-state index in [2.05, 4.69) is 0 Å². The Hall–Kier alpha value is -2.40. The zero-order valence-corrected chi connectivity index (χ0v) is 13.3. The summed E-state index contributed by atoms with van der Waals surface area (Å²) >= 11 is 6.09. The largest absolute Gasteiger partial charge is 0.497 e. The number of hydrogen-bond acceptors (Lipinski definition) is 5. The zero-order chi connectivity index (χ0) is 16.2. The highest BCUT2D eigenvalue weighted by Gasteiger charge is 2.18. The van der Waals surface area contributed by atoms with E-state index in [1.807, 2.05) is 12.1 Å². The maximum Gasteiger partial charge on any atom is 0.310 e. The quantitative estimate of drug-likeness (QED) is 0.785. The van der Waals surface area contributed by atoms with Crippen LogP contribution in [-0.4, -0.2) is 19.9 Å². The summed E-state index contributed by atoms with van der Waals surface area (Å²) in [5, 5.41) is 0.446. The summed E-state index contributed by atoms with van der Waals surface area (Å²) in [6, 6.07) is 10.7. The molecule has 2 aromatic carbocycles. The molecule has 0 saturated heterocycles.